The van der Waals surface area contributed by atoms with E-state index in [1.165, 1.54) is 6.92 Å². The Labute approximate surface area is 170 Å². The minimum Gasteiger partial charge on any atom is -0.484 e. The van der Waals surface area contributed by atoms with Crippen molar-refractivity contribution in [1.82, 2.24) is 20.1 Å². The fourth-order valence-electron chi connectivity index (χ4n) is 2.66. The van der Waals surface area contributed by atoms with E-state index in [4.69, 9.17) is 4.74 Å². The number of benzene rings is 1. The third-order valence-corrected chi connectivity index (χ3v) is 4.72. The summed E-state index contributed by atoms with van der Waals surface area (Å²) in [6.07, 6.45) is 3.54. The Morgan fingerprint density at radius 3 is 2.54 bits per heavy atom. The molecule has 0 aliphatic heterocycles. The maximum Gasteiger partial charge on any atom is 0.257 e. The largest absolute Gasteiger partial charge is 0.484 e. The normalized spacial score (nSPS) is 10.9. The maximum atomic E-state index is 11.9. The number of rotatable bonds is 11. The first-order valence-corrected chi connectivity index (χ1v) is 10.6. The molecule has 0 spiro atoms. The monoisotopic (exact) mass is 404 g/mol. The molecule has 8 heteroatoms. The number of aryl methyl sites for hydroxylation is 1. The molecule has 7 nitrogen and oxygen atoms in total. The lowest BCUT2D eigenvalue weighted by Crippen LogP contribution is -2.30. The molecule has 1 aromatic carbocycles. The number of thioether (sulfide) groups is 1. The van der Waals surface area contributed by atoms with Crippen molar-refractivity contribution < 1.29 is 14.3 Å². The molecule has 2 rings (SSSR count). The third kappa shape index (κ3) is 6.67. The highest BCUT2D eigenvalue weighted by Gasteiger charge is 2.12. The van der Waals surface area contributed by atoms with Crippen molar-refractivity contribution in [2.45, 2.75) is 45.3 Å². The molecule has 0 saturated carbocycles. The number of ether oxygens (including phenoxy) is 1. The van der Waals surface area contributed by atoms with Gasteiger partial charge in [-0.05, 0) is 49.8 Å². The standard InChI is InChI=1S/C20H28N4O3S/c1-14(2)12-24-18(22-23-20(24)28-4)6-5-11-21-19(26)13-27-17-9-7-16(8-10-17)15(3)25/h7-10,14H,5-6,11-13H2,1-4H3,(H,21,26). The first-order chi connectivity index (χ1) is 13.4. The van der Waals surface area contributed by atoms with Gasteiger partial charge in [-0.3, -0.25) is 9.59 Å². The van der Waals surface area contributed by atoms with E-state index in [2.05, 4.69) is 33.9 Å². The maximum absolute atomic E-state index is 11.9. The molecule has 1 amide bonds. The van der Waals surface area contributed by atoms with Gasteiger partial charge >= 0.3 is 0 Å². The van der Waals surface area contributed by atoms with Crippen LogP contribution in [-0.2, 0) is 17.8 Å². The quantitative estimate of drug-likeness (QED) is 0.352. The molecule has 0 saturated heterocycles. The molecule has 0 bridgehead atoms. The van der Waals surface area contributed by atoms with Gasteiger partial charge < -0.3 is 14.6 Å². The van der Waals surface area contributed by atoms with Gasteiger partial charge in [-0.15, -0.1) is 10.2 Å². The number of hydrogen-bond donors (Lipinski definition) is 1. The number of carbonyl (C=O) groups excluding carboxylic acids is 2. The van der Waals surface area contributed by atoms with Crippen LogP contribution < -0.4 is 10.1 Å². The SMILES string of the molecule is CSc1nnc(CCCNC(=O)COc2ccc(C(C)=O)cc2)n1CC(C)C. The second kappa shape index (κ2) is 10.8. The van der Waals surface area contributed by atoms with E-state index in [0.29, 0.717) is 23.8 Å². The summed E-state index contributed by atoms with van der Waals surface area (Å²) in [5.41, 5.74) is 0.617. The molecule has 28 heavy (non-hydrogen) atoms. The van der Waals surface area contributed by atoms with Gasteiger partial charge in [0.1, 0.15) is 11.6 Å². The van der Waals surface area contributed by atoms with Gasteiger partial charge in [0.2, 0.25) is 0 Å². The molecule has 0 unspecified atom stereocenters. The van der Waals surface area contributed by atoms with Crippen LogP contribution in [0.5, 0.6) is 5.75 Å². The zero-order valence-electron chi connectivity index (χ0n) is 16.9. The van der Waals surface area contributed by atoms with E-state index < -0.39 is 0 Å². The summed E-state index contributed by atoms with van der Waals surface area (Å²) < 4.78 is 7.60. The summed E-state index contributed by atoms with van der Waals surface area (Å²) in [4.78, 5) is 23.2. The van der Waals surface area contributed by atoms with Crippen molar-refractivity contribution in [2.24, 2.45) is 5.92 Å². The fraction of sp³-hybridized carbons (Fsp3) is 0.500. The first kappa shape index (κ1) is 21.9. The van der Waals surface area contributed by atoms with E-state index in [9.17, 15) is 9.59 Å². The van der Waals surface area contributed by atoms with Crippen LogP contribution in [0.1, 0.15) is 43.4 Å². The lowest BCUT2D eigenvalue weighted by molar-refractivity contribution is -0.123. The average Bonchev–Trinajstić information content (AvgIpc) is 3.04. The molecule has 2 aromatic rings. The Bertz CT molecular complexity index is 787. The topological polar surface area (TPSA) is 86.1 Å². The molecule has 1 heterocycles. The molecule has 0 aliphatic carbocycles. The summed E-state index contributed by atoms with van der Waals surface area (Å²) in [5.74, 6) is 1.85. The van der Waals surface area contributed by atoms with Crippen molar-refractivity contribution in [1.29, 1.82) is 0 Å². The van der Waals surface area contributed by atoms with Gasteiger partial charge in [0.25, 0.3) is 5.91 Å². The summed E-state index contributed by atoms with van der Waals surface area (Å²) in [6.45, 7) is 7.23. The Morgan fingerprint density at radius 2 is 1.93 bits per heavy atom. The number of nitrogens with one attached hydrogen (secondary N) is 1. The van der Waals surface area contributed by atoms with Crippen LogP contribution in [0.2, 0.25) is 0 Å². The number of nitrogens with zero attached hydrogens (tertiary/aromatic N) is 3. The van der Waals surface area contributed by atoms with Gasteiger partial charge in [-0.2, -0.15) is 0 Å². The molecule has 0 atom stereocenters. The van der Waals surface area contributed by atoms with Crippen molar-refractivity contribution in [2.75, 3.05) is 19.4 Å². The number of carbonyl (C=O) groups is 2. The summed E-state index contributed by atoms with van der Waals surface area (Å²) in [5, 5.41) is 12.3. The van der Waals surface area contributed by atoms with E-state index in [-0.39, 0.29) is 18.3 Å². The highest BCUT2D eigenvalue weighted by molar-refractivity contribution is 7.98. The third-order valence-electron chi connectivity index (χ3n) is 4.05. The Balaban J connectivity index is 1.72. The Kier molecular flexibility index (Phi) is 8.50. The number of Topliss-reactive ketones (excluding diaryl/α,β-unsaturated/α-hetero) is 1. The van der Waals surface area contributed by atoms with E-state index in [1.54, 1.807) is 36.0 Å². The van der Waals surface area contributed by atoms with Gasteiger partial charge in [-0.25, -0.2) is 0 Å². The second-order valence-electron chi connectivity index (χ2n) is 6.93. The zero-order chi connectivity index (χ0) is 20.5. The number of ketones is 1. The summed E-state index contributed by atoms with van der Waals surface area (Å²) in [7, 11) is 0. The Morgan fingerprint density at radius 1 is 1.21 bits per heavy atom. The fourth-order valence-corrected chi connectivity index (χ4v) is 3.19. The minimum atomic E-state index is -0.177. The van der Waals surface area contributed by atoms with Gasteiger partial charge in [-0.1, -0.05) is 25.6 Å². The highest BCUT2D eigenvalue weighted by Crippen LogP contribution is 2.16. The lowest BCUT2D eigenvalue weighted by atomic mass is 10.1. The molecule has 1 aromatic heterocycles. The zero-order valence-corrected chi connectivity index (χ0v) is 17.7. The van der Waals surface area contributed by atoms with Crippen LogP contribution in [-0.4, -0.2) is 45.9 Å². The smallest absolute Gasteiger partial charge is 0.257 e. The molecular weight excluding hydrogens is 376 g/mol. The number of amides is 1. The van der Waals surface area contributed by atoms with Crippen LogP contribution in [0.25, 0.3) is 0 Å². The molecule has 0 radical (unpaired) electrons. The number of aromatic nitrogens is 3. The highest BCUT2D eigenvalue weighted by atomic mass is 32.2. The van der Waals surface area contributed by atoms with E-state index >= 15 is 0 Å². The second-order valence-corrected chi connectivity index (χ2v) is 7.70. The molecular formula is C20H28N4O3S. The van der Waals surface area contributed by atoms with Gasteiger partial charge in [0.05, 0.1) is 0 Å². The van der Waals surface area contributed by atoms with Crippen LogP contribution >= 0.6 is 11.8 Å². The lowest BCUT2D eigenvalue weighted by Gasteiger charge is -2.12. The average molecular weight is 405 g/mol. The molecule has 152 valence electrons. The van der Waals surface area contributed by atoms with E-state index in [1.807, 2.05) is 6.26 Å². The van der Waals surface area contributed by atoms with Crippen molar-refractivity contribution in [3.8, 4) is 5.75 Å². The molecule has 0 aliphatic rings. The summed E-state index contributed by atoms with van der Waals surface area (Å²) in [6, 6.07) is 6.75. The van der Waals surface area contributed by atoms with Crippen molar-refractivity contribution in [3.05, 3.63) is 35.7 Å². The van der Waals surface area contributed by atoms with Crippen LogP contribution in [0.15, 0.2) is 29.4 Å². The first-order valence-electron chi connectivity index (χ1n) is 9.37. The van der Waals surface area contributed by atoms with E-state index in [0.717, 1.165) is 30.4 Å². The summed E-state index contributed by atoms with van der Waals surface area (Å²) >= 11 is 1.59. The van der Waals surface area contributed by atoms with Crippen molar-refractivity contribution in [3.63, 3.8) is 0 Å². The van der Waals surface area contributed by atoms with Crippen LogP contribution in [0.4, 0.5) is 0 Å². The van der Waals surface area contributed by atoms with Crippen LogP contribution in [0.3, 0.4) is 0 Å². The number of hydrogen-bond acceptors (Lipinski definition) is 6. The van der Waals surface area contributed by atoms with Crippen LogP contribution in [0, 0.1) is 5.92 Å². The van der Waals surface area contributed by atoms with Gasteiger partial charge in [0.15, 0.2) is 17.5 Å². The molecule has 0 fully saturated rings. The predicted molar refractivity (Wildman–Crippen MR) is 110 cm³/mol. The van der Waals surface area contributed by atoms with Crippen molar-refractivity contribution >= 4 is 23.5 Å². The Hall–Kier alpha value is -2.35. The molecule has 1 N–H and O–H groups in total. The predicted octanol–water partition coefficient (Wildman–Crippen LogP) is 2.99. The van der Waals surface area contributed by atoms with Gasteiger partial charge in [0, 0.05) is 25.1 Å². The minimum absolute atomic E-state index is 0.00169.